The normalized spacial score (nSPS) is 15.5. The second-order valence-electron chi connectivity index (χ2n) is 7.77. The van der Waals surface area contributed by atoms with Crippen molar-refractivity contribution >= 4 is 29.1 Å². The van der Waals surface area contributed by atoms with Crippen LogP contribution in [0.4, 0.5) is 11.4 Å². The average molecular weight is 424 g/mol. The maximum atomic E-state index is 13.2. The van der Waals surface area contributed by atoms with Gasteiger partial charge in [-0.15, -0.1) is 0 Å². The van der Waals surface area contributed by atoms with Crippen molar-refractivity contribution < 1.29 is 19.1 Å². The van der Waals surface area contributed by atoms with Crippen LogP contribution in [0, 0.1) is 0 Å². The lowest BCUT2D eigenvalue weighted by molar-refractivity contribution is -0.119. The number of hydrogen-bond acceptors (Lipinski definition) is 4. The number of para-hydroxylation sites is 2. The third-order valence-electron chi connectivity index (χ3n) is 5.21. The lowest BCUT2D eigenvalue weighted by Crippen LogP contribution is -2.45. The van der Waals surface area contributed by atoms with E-state index in [1.54, 1.807) is 48.3 Å². The Morgan fingerprint density at radius 2 is 1.87 bits per heavy atom. The number of fused-ring (bicyclic) bond motifs is 1. The van der Waals surface area contributed by atoms with Crippen LogP contribution in [0.3, 0.4) is 0 Å². The first-order valence-corrected chi connectivity index (χ1v) is 10.6. The van der Waals surface area contributed by atoms with Gasteiger partial charge in [0.15, 0.2) is 0 Å². The van der Waals surface area contributed by atoms with E-state index in [2.05, 4.69) is 12.2 Å². The van der Waals surface area contributed by atoms with Gasteiger partial charge in [-0.3, -0.25) is 14.4 Å². The summed E-state index contributed by atoms with van der Waals surface area (Å²) in [5, 5.41) is 2.84. The molecule has 7 nitrogen and oxygen atoms in total. The molecule has 1 atom stereocenters. The van der Waals surface area contributed by atoms with Gasteiger partial charge in [-0.2, -0.15) is 0 Å². The van der Waals surface area contributed by atoms with Gasteiger partial charge in [0.2, 0.25) is 11.8 Å². The maximum Gasteiger partial charge on any atom is 0.254 e. The zero-order valence-corrected chi connectivity index (χ0v) is 18.3. The molecule has 31 heavy (non-hydrogen) atoms. The Balaban J connectivity index is 1.69. The Kier molecular flexibility index (Phi) is 7.28. The van der Waals surface area contributed by atoms with Crippen LogP contribution >= 0.6 is 0 Å². The number of carbonyl (C=O) groups excluding carboxylic acids is 3. The summed E-state index contributed by atoms with van der Waals surface area (Å²) in [4.78, 5) is 41.1. The summed E-state index contributed by atoms with van der Waals surface area (Å²) in [6.45, 7) is 4.48. The summed E-state index contributed by atoms with van der Waals surface area (Å²) in [5.74, 6) is 0.0852. The molecule has 0 fully saturated rings. The minimum atomic E-state index is -0.320. The fourth-order valence-electron chi connectivity index (χ4n) is 3.57. The average Bonchev–Trinajstić information content (AvgIpc) is 2.87. The molecular formula is C24H29N3O4. The Bertz CT molecular complexity index is 942. The predicted molar refractivity (Wildman–Crippen MR) is 120 cm³/mol. The monoisotopic (exact) mass is 423 g/mol. The molecule has 1 aliphatic rings. The van der Waals surface area contributed by atoms with E-state index in [0.29, 0.717) is 23.5 Å². The van der Waals surface area contributed by atoms with Crippen LogP contribution in [0.5, 0.6) is 5.75 Å². The van der Waals surface area contributed by atoms with Gasteiger partial charge in [0.25, 0.3) is 5.91 Å². The number of anilines is 2. The topological polar surface area (TPSA) is 79.0 Å². The van der Waals surface area contributed by atoms with Crippen molar-refractivity contribution in [2.75, 3.05) is 30.4 Å². The van der Waals surface area contributed by atoms with E-state index in [-0.39, 0.29) is 36.7 Å². The van der Waals surface area contributed by atoms with Crippen molar-refractivity contribution in [3.05, 3.63) is 54.1 Å². The molecule has 3 rings (SSSR count). The number of benzene rings is 2. The van der Waals surface area contributed by atoms with Crippen LogP contribution in [0.15, 0.2) is 48.5 Å². The van der Waals surface area contributed by atoms with Crippen molar-refractivity contribution in [3.63, 3.8) is 0 Å². The summed E-state index contributed by atoms with van der Waals surface area (Å²) < 4.78 is 5.63. The number of rotatable bonds is 7. The molecule has 1 heterocycles. The smallest absolute Gasteiger partial charge is 0.254 e. The van der Waals surface area contributed by atoms with Gasteiger partial charge in [0.1, 0.15) is 12.3 Å². The van der Waals surface area contributed by atoms with Gasteiger partial charge in [-0.1, -0.05) is 25.5 Å². The van der Waals surface area contributed by atoms with Crippen molar-refractivity contribution in [1.29, 1.82) is 0 Å². The molecule has 0 unspecified atom stereocenters. The molecule has 0 saturated heterocycles. The number of amides is 3. The lowest BCUT2D eigenvalue weighted by Gasteiger charge is -2.29. The quantitative estimate of drug-likeness (QED) is 0.689. The number of nitrogens with one attached hydrogen (secondary N) is 1. The third-order valence-corrected chi connectivity index (χ3v) is 5.21. The Labute approximate surface area is 183 Å². The molecule has 0 aliphatic carbocycles. The molecule has 1 aliphatic heterocycles. The highest BCUT2D eigenvalue weighted by Crippen LogP contribution is 2.31. The lowest BCUT2D eigenvalue weighted by atomic mass is 10.1. The van der Waals surface area contributed by atoms with Crippen LogP contribution in [-0.4, -0.2) is 48.9 Å². The van der Waals surface area contributed by atoms with Gasteiger partial charge < -0.3 is 19.9 Å². The van der Waals surface area contributed by atoms with Gasteiger partial charge >= 0.3 is 0 Å². The fraction of sp³-hybridized carbons (Fsp3) is 0.375. The third kappa shape index (κ3) is 5.42. The summed E-state index contributed by atoms with van der Waals surface area (Å²) in [5.41, 5.74) is 1.72. The van der Waals surface area contributed by atoms with E-state index in [1.807, 2.05) is 19.1 Å². The van der Waals surface area contributed by atoms with Crippen molar-refractivity contribution in [2.45, 2.75) is 39.2 Å². The molecular weight excluding hydrogens is 394 g/mol. The van der Waals surface area contributed by atoms with E-state index < -0.39 is 0 Å². The Morgan fingerprint density at radius 3 is 2.58 bits per heavy atom. The molecule has 0 saturated carbocycles. The summed E-state index contributed by atoms with van der Waals surface area (Å²) in [6, 6.07) is 13.8. The molecule has 2 aromatic carbocycles. The van der Waals surface area contributed by atoms with Gasteiger partial charge in [-0.25, -0.2) is 0 Å². The number of unbranched alkanes of at least 4 members (excludes halogenated alkanes) is 1. The first-order valence-electron chi connectivity index (χ1n) is 10.6. The molecule has 3 amide bonds. The Morgan fingerprint density at radius 1 is 1.16 bits per heavy atom. The highest BCUT2D eigenvalue weighted by Gasteiger charge is 2.30. The molecule has 0 spiro atoms. The molecule has 0 radical (unpaired) electrons. The molecule has 0 aromatic heterocycles. The minimum Gasteiger partial charge on any atom is -0.494 e. The van der Waals surface area contributed by atoms with Crippen LogP contribution in [0.2, 0.25) is 0 Å². The molecule has 7 heteroatoms. The van der Waals surface area contributed by atoms with E-state index in [4.69, 9.17) is 4.74 Å². The second-order valence-corrected chi connectivity index (χ2v) is 7.77. The van der Waals surface area contributed by atoms with E-state index in [1.165, 1.54) is 4.90 Å². The van der Waals surface area contributed by atoms with Gasteiger partial charge in [0, 0.05) is 25.1 Å². The van der Waals surface area contributed by atoms with Crippen LogP contribution in [0.1, 0.15) is 43.5 Å². The maximum absolute atomic E-state index is 13.2. The first kappa shape index (κ1) is 22.3. The van der Waals surface area contributed by atoms with Crippen LogP contribution < -0.4 is 15.0 Å². The van der Waals surface area contributed by atoms with E-state index in [0.717, 1.165) is 18.6 Å². The van der Waals surface area contributed by atoms with Crippen LogP contribution in [-0.2, 0) is 9.59 Å². The number of nitrogens with zero attached hydrogens (tertiary/aromatic N) is 2. The van der Waals surface area contributed by atoms with Crippen molar-refractivity contribution in [2.24, 2.45) is 0 Å². The zero-order chi connectivity index (χ0) is 22.4. The highest BCUT2D eigenvalue weighted by molar-refractivity contribution is 6.06. The minimum absolute atomic E-state index is 0.0968. The number of hydrogen-bond donors (Lipinski definition) is 1. The van der Waals surface area contributed by atoms with Crippen molar-refractivity contribution in [1.82, 2.24) is 4.90 Å². The van der Waals surface area contributed by atoms with Gasteiger partial charge in [0.05, 0.1) is 18.0 Å². The number of likely N-dealkylation sites (N-methyl/N-ethyl adjacent to an activating group) is 1. The largest absolute Gasteiger partial charge is 0.494 e. The predicted octanol–water partition coefficient (Wildman–Crippen LogP) is 3.70. The molecule has 0 bridgehead atoms. The number of carbonyl (C=O) groups is 3. The summed E-state index contributed by atoms with van der Waals surface area (Å²) in [7, 11) is 1.60. The highest BCUT2D eigenvalue weighted by atomic mass is 16.5. The summed E-state index contributed by atoms with van der Waals surface area (Å²) in [6.07, 6.45) is 2.22. The standard InChI is InChI=1S/C24H29N3O4/c1-4-5-14-31-19-12-10-18(11-13-19)24(30)26(3)16-23(29)27-17(2)15-22(28)25-20-8-6-7-9-21(20)27/h6-13,17H,4-5,14-16H2,1-3H3,(H,25,28)/t17-/m0/s1. The Hall–Kier alpha value is -3.35. The van der Waals surface area contributed by atoms with Gasteiger partial charge in [-0.05, 0) is 49.7 Å². The zero-order valence-electron chi connectivity index (χ0n) is 18.3. The van der Waals surface area contributed by atoms with E-state index in [9.17, 15) is 14.4 Å². The SMILES string of the molecule is CCCCOc1ccc(C(=O)N(C)CC(=O)N2c3ccccc3NC(=O)C[C@@H]2C)cc1. The van der Waals surface area contributed by atoms with Crippen LogP contribution in [0.25, 0.3) is 0 Å². The van der Waals surface area contributed by atoms with Crippen molar-refractivity contribution in [3.8, 4) is 5.75 Å². The number of ether oxygens (including phenoxy) is 1. The van der Waals surface area contributed by atoms with E-state index >= 15 is 0 Å². The summed E-state index contributed by atoms with van der Waals surface area (Å²) >= 11 is 0. The molecule has 164 valence electrons. The first-order chi connectivity index (χ1) is 14.9. The molecule has 1 N–H and O–H groups in total. The molecule has 2 aromatic rings. The fourth-order valence-corrected chi connectivity index (χ4v) is 3.57. The second kappa shape index (κ2) is 10.1.